The molecule has 0 bridgehead atoms. The van der Waals surface area contributed by atoms with Crippen LogP contribution in [0.15, 0.2) is 29.2 Å². The van der Waals surface area contributed by atoms with Crippen LogP contribution in [-0.4, -0.2) is 54.9 Å². The first-order valence-electron chi connectivity index (χ1n) is 10.9. The fraction of sp³-hybridized carbons (Fsp3) is 0.458. The summed E-state index contributed by atoms with van der Waals surface area (Å²) in [4.78, 5) is 39.6. The summed E-state index contributed by atoms with van der Waals surface area (Å²) in [5.41, 5.74) is 1.95. The van der Waals surface area contributed by atoms with Crippen molar-refractivity contribution < 1.29 is 27.5 Å². The summed E-state index contributed by atoms with van der Waals surface area (Å²) in [6.07, 6.45) is 0.993. The van der Waals surface area contributed by atoms with Crippen molar-refractivity contribution in [3.05, 3.63) is 52.3 Å². The van der Waals surface area contributed by atoms with Crippen molar-refractivity contribution >= 4 is 27.6 Å². The molecule has 1 fully saturated rings. The van der Waals surface area contributed by atoms with Crippen molar-refractivity contribution in [1.29, 1.82) is 0 Å². The summed E-state index contributed by atoms with van der Waals surface area (Å²) in [5.74, 6) is -0.770. The first-order chi connectivity index (χ1) is 15.4. The third kappa shape index (κ3) is 5.25. The number of carbonyl (C=O) groups is 3. The predicted octanol–water partition coefficient (Wildman–Crippen LogP) is 3.54. The summed E-state index contributed by atoms with van der Waals surface area (Å²) in [7, 11) is -3.65. The van der Waals surface area contributed by atoms with Gasteiger partial charge in [-0.1, -0.05) is 13.8 Å². The average Bonchev–Trinajstić information content (AvgIpc) is 3.05. The van der Waals surface area contributed by atoms with Gasteiger partial charge in [-0.2, -0.15) is 4.31 Å². The van der Waals surface area contributed by atoms with Gasteiger partial charge in [0.25, 0.3) is 0 Å². The Morgan fingerprint density at radius 2 is 1.64 bits per heavy atom. The van der Waals surface area contributed by atoms with E-state index in [1.165, 1.54) is 35.5 Å². The van der Waals surface area contributed by atoms with Gasteiger partial charge < -0.3 is 9.72 Å². The number of sulfonamides is 1. The van der Waals surface area contributed by atoms with E-state index in [0.29, 0.717) is 29.9 Å². The van der Waals surface area contributed by atoms with Crippen LogP contribution >= 0.6 is 0 Å². The number of piperidine rings is 1. The van der Waals surface area contributed by atoms with E-state index in [-0.39, 0.29) is 33.8 Å². The SMILES string of the molecule is CC(=O)c1c(C)[nH]c(C(=O)COC(=O)c2ccc(S(=O)(=O)N3C[C@H](C)C[C@H](C)C3)cc2)c1C. The molecule has 8 nitrogen and oxygen atoms in total. The number of benzene rings is 1. The number of nitrogens with one attached hydrogen (secondary N) is 1. The minimum Gasteiger partial charge on any atom is -0.454 e. The van der Waals surface area contributed by atoms with E-state index in [9.17, 15) is 22.8 Å². The number of carbonyl (C=O) groups excluding carboxylic acids is 3. The number of ketones is 2. The third-order valence-corrected chi connectivity index (χ3v) is 7.81. The zero-order chi connectivity index (χ0) is 24.5. The molecule has 2 atom stereocenters. The zero-order valence-corrected chi connectivity index (χ0v) is 20.4. The molecule has 0 radical (unpaired) electrons. The molecule has 0 amide bonds. The Morgan fingerprint density at radius 1 is 1.06 bits per heavy atom. The van der Waals surface area contributed by atoms with Gasteiger partial charge in [0.1, 0.15) is 0 Å². The van der Waals surface area contributed by atoms with Crippen molar-refractivity contribution in [3.8, 4) is 0 Å². The topological polar surface area (TPSA) is 114 Å². The van der Waals surface area contributed by atoms with Gasteiger partial charge in [-0.25, -0.2) is 13.2 Å². The molecule has 2 heterocycles. The highest BCUT2D eigenvalue weighted by atomic mass is 32.2. The second kappa shape index (κ2) is 9.61. The van der Waals surface area contributed by atoms with Crippen LogP contribution in [-0.2, 0) is 14.8 Å². The lowest BCUT2D eigenvalue weighted by molar-refractivity contribution is 0.0473. The standard InChI is InChI=1S/C24H30N2O6S/c1-14-10-15(2)12-26(11-14)33(30,31)20-8-6-19(7-9-20)24(29)32-13-21(28)23-16(3)22(18(5)27)17(4)25-23/h6-9,14-15,25H,10-13H2,1-5H3/t14-,15+. The molecular formula is C24H30N2O6S. The molecular weight excluding hydrogens is 444 g/mol. The second-order valence-electron chi connectivity index (χ2n) is 8.97. The lowest BCUT2D eigenvalue weighted by Gasteiger charge is -2.34. The van der Waals surface area contributed by atoms with Crippen molar-refractivity contribution in [2.24, 2.45) is 11.8 Å². The molecule has 2 aromatic rings. The molecule has 1 aromatic carbocycles. The summed E-state index contributed by atoms with van der Waals surface area (Å²) in [6.45, 7) is 9.31. The third-order valence-electron chi connectivity index (χ3n) is 5.97. The first kappa shape index (κ1) is 24.9. The number of hydrogen-bond acceptors (Lipinski definition) is 6. The van der Waals surface area contributed by atoms with Gasteiger partial charge >= 0.3 is 5.97 Å². The molecule has 178 valence electrons. The number of rotatable bonds is 7. The van der Waals surface area contributed by atoms with Gasteiger partial charge in [0.15, 0.2) is 12.4 Å². The summed E-state index contributed by atoms with van der Waals surface area (Å²) in [5, 5.41) is 0. The molecule has 1 aromatic heterocycles. The Balaban J connectivity index is 1.67. The van der Waals surface area contributed by atoms with Crippen LogP contribution in [0.2, 0.25) is 0 Å². The van der Waals surface area contributed by atoms with Crippen LogP contribution in [0.4, 0.5) is 0 Å². The van der Waals surface area contributed by atoms with Crippen molar-refractivity contribution in [2.45, 2.75) is 45.9 Å². The van der Waals surface area contributed by atoms with E-state index in [1.807, 2.05) is 13.8 Å². The Morgan fingerprint density at radius 3 is 2.15 bits per heavy atom. The van der Waals surface area contributed by atoms with Gasteiger partial charge in [-0.15, -0.1) is 0 Å². The largest absolute Gasteiger partial charge is 0.454 e. The van der Waals surface area contributed by atoms with E-state index in [1.54, 1.807) is 13.8 Å². The van der Waals surface area contributed by atoms with E-state index >= 15 is 0 Å². The fourth-order valence-corrected chi connectivity index (χ4v) is 6.24. The van der Waals surface area contributed by atoms with Crippen LogP contribution in [0.5, 0.6) is 0 Å². The average molecular weight is 475 g/mol. The molecule has 1 aliphatic heterocycles. The molecule has 1 saturated heterocycles. The van der Waals surface area contributed by atoms with Gasteiger partial charge in [-0.05, 0) is 68.9 Å². The van der Waals surface area contributed by atoms with Gasteiger partial charge in [0.2, 0.25) is 15.8 Å². The van der Waals surface area contributed by atoms with Crippen LogP contribution in [0.1, 0.15) is 69.7 Å². The van der Waals surface area contributed by atoms with E-state index < -0.39 is 28.4 Å². The van der Waals surface area contributed by atoms with Crippen LogP contribution < -0.4 is 0 Å². The van der Waals surface area contributed by atoms with Crippen molar-refractivity contribution in [2.75, 3.05) is 19.7 Å². The van der Waals surface area contributed by atoms with Gasteiger partial charge in [0, 0.05) is 24.3 Å². The number of aryl methyl sites for hydroxylation is 1. The minimum atomic E-state index is -3.65. The monoisotopic (exact) mass is 474 g/mol. The highest BCUT2D eigenvalue weighted by Gasteiger charge is 2.31. The summed E-state index contributed by atoms with van der Waals surface area (Å²) in [6, 6.07) is 5.54. The molecule has 3 rings (SSSR count). The van der Waals surface area contributed by atoms with E-state index in [4.69, 9.17) is 4.74 Å². The highest BCUT2D eigenvalue weighted by Crippen LogP contribution is 2.27. The lowest BCUT2D eigenvalue weighted by Crippen LogP contribution is -2.42. The van der Waals surface area contributed by atoms with Crippen LogP contribution in [0, 0.1) is 25.7 Å². The van der Waals surface area contributed by atoms with E-state index in [0.717, 1.165) is 6.42 Å². The van der Waals surface area contributed by atoms with Crippen molar-refractivity contribution in [1.82, 2.24) is 9.29 Å². The molecule has 0 unspecified atom stereocenters. The zero-order valence-electron chi connectivity index (χ0n) is 19.6. The number of aromatic amines is 1. The lowest BCUT2D eigenvalue weighted by atomic mass is 9.94. The Kier molecular flexibility index (Phi) is 7.23. The molecule has 33 heavy (non-hydrogen) atoms. The van der Waals surface area contributed by atoms with Crippen LogP contribution in [0.3, 0.4) is 0 Å². The number of nitrogens with zero attached hydrogens (tertiary/aromatic N) is 1. The van der Waals surface area contributed by atoms with Gasteiger partial charge in [-0.3, -0.25) is 9.59 Å². The molecule has 1 N–H and O–H groups in total. The summed E-state index contributed by atoms with van der Waals surface area (Å²) >= 11 is 0. The number of hydrogen-bond donors (Lipinski definition) is 1. The van der Waals surface area contributed by atoms with Crippen LogP contribution in [0.25, 0.3) is 0 Å². The number of Topliss-reactive ketones (excluding diaryl/α,β-unsaturated/α-hetero) is 2. The quantitative estimate of drug-likeness (QED) is 0.485. The van der Waals surface area contributed by atoms with E-state index in [2.05, 4.69) is 4.98 Å². The highest BCUT2D eigenvalue weighted by molar-refractivity contribution is 7.89. The Hall–Kier alpha value is -2.78. The molecule has 0 saturated carbocycles. The molecule has 0 spiro atoms. The fourth-order valence-electron chi connectivity index (χ4n) is 4.56. The number of aromatic nitrogens is 1. The molecule has 1 aliphatic rings. The number of esters is 1. The maximum absolute atomic E-state index is 13.0. The number of H-pyrrole nitrogens is 1. The first-order valence-corrected chi connectivity index (χ1v) is 12.4. The minimum absolute atomic E-state index is 0.116. The summed E-state index contributed by atoms with van der Waals surface area (Å²) < 4.78 is 32.6. The Bertz CT molecular complexity index is 1170. The maximum Gasteiger partial charge on any atom is 0.338 e. The predicted molar refractivity (Wildman–Crippen MR) is 123 cm³/mol. The van der Waals surface area contributed by atoms with Gasteiger partial charge in [0.05, 0.1) is 16.2 Å². The normalized spacial score (nSPS) is 19.3. The molecule has 9 heteroatoms. The smallest absolute Gasteiger partial charge is 0.338 e. The maximum atomic E-state index is 13.0. The molecule has 0 aliphatic carbocycles. The second-order valence-corrected chi connectivity index (χ2v) is 10.9. The Labute approximate surface area is 194 Å². The van der Waals surface area contributed by atoms with Crippen molar-refractivity contribution in [3.63, 3.8) is 0 Å². The number of ether oxygens (including phenoxy) is 1.